The van der Waals surface area contributed by atoms with Crippen LogP contribution in [-0.2, 0) is 4.74 Å². The van der Waals surface area contributed by atoms with Crippen molar-refractivity contribution in [2.24, 2.45) is 5.41 Å². The minimum absolute atomic E-state index is 0.0503. The van der Waals surface area contributed by atoms with Gasteiger partial charge < -0.3 is 10.1 Å². The van der Waals surface area contributed by atoms with Crippen molar-refractivity contribution in [1.29, 1.82) is 0 Å². The minimum atomic E-state index is -2.58. The van der Waals surface area contributed by atoms with Crippen LogP contribution in [0.2, 0.25) is 0 Å². The summed E-state index contributed by atoms with van der Waals surface area (Å²) in [6.45, 7) is 1.37. The van der Waals surface area contributed by atoms with Crippen molar-refractivity contribution in [1.82, 2.24) is 0 Å². The Morgan fingerprint density at radius 2 is 2.13 bits per heavy atom. The van der Waals surface area contributed by atoms with E-state index in [-0.39, 0.29) is 37.2 Å². The van der Waals surface area contributed by atoms with Crippen molar-refractivity contribution in [3.63, 3.8) is 0 Å². The third-order valence-corrected chi connectivity index (χ3v) is 3.74. The molecule has 1 fully saturated rings. The lowest BCUT2D eigenvalue weighted by molar-refractivity contribution is -0.386. The number of nitro groups is 1. The van der Waals surface area contributed by atoms with Crippen molar-refractivity contribution >= 4 is 17.3 Å². The topological polar surface area (TPSA) is 81.5 Å². The summed E-state index contributed by atoms with van der Waals surface area (Å²) in [5.74, 6) is -2.08. The molecule has 6 nitrogen and oxygen atoms in total. The average Bonchev–Trinajstić information content (AvgIpc) is 3.25. The van der Waals surface area contributed by atoms with Gasteiger partial charge >= 0.3 is 11.7 Å². The summed E-state index contributed by atoms with van der Waals surface area (Å²) in [4.78, 5) is 21.7. The van der Waals surface area contributed by atoms with Crippen molar-refractivity contribution in [2.75, 3.05) is 18.5 Å². The van der Waals surface area contributed by atoms with Crippen LogP contribution in [0.5, 0.6) is 0 Å². The van der Waals surface area contributed by atoms with Gasteiger partial charge in [0.1, 0.15) is 5.69 Å². The Hall–Kier alpha value is -2.32. The molecule has 0 aliphatic heterocycles. The van der Waals surface area contributed by atoms with E-state index in [2.05, 4.69) is 5.32 Å². The number of esters is 1. The van der Waals surface area contributed by atoms with Crippen molar-refractivity contribution in [2.45, 2.75) is 26.2 Å². The van der Waals surface area contributed by atoms with Crippen LogP contribution in [0.4, 0.5) is 24.5 Å². The Kier molecular flexibility index (Phi) is 4.76. The standard InChI is InChI=1S/C14H15F3N2O4/c1-2-23-12(20)8-5-9(15)11(19(21)22)10(6-8)18-7-14(3-4-14)13(16)17/h5-6,13,18H,2-4,7H2,1H3. The highest BCUT2D eigenvalue weighted by Gasteiger charge is 2.51. The largest absolute Gasteiger partial charge is 0.462 e. The van der Waals surface area contributed by atoms with Gasteiger partial charge in [0.15, 0.2) is 0 Å². The van der Waals surface area contributed by atoms with E-state index in [0.29, 0.717) is 6.07 Å². The molecule has 0 aromatic heterocycles. The number of halogens is 3. The summed E-state index contributed by atoms with van der Waals surface area (Å²) in [5.41, 5.74) is -2.67. The van der Waals surface area contributed by atoms with Gasteiger partial charge in [-0.2, -0.15) is 4.39 Å². The lowest BCUT2D eigenvalue weighted by atomic mass is 10.1. The van der Waals surface area contributed by atoms with Gasteiger partial charge in [-0.3, -0.25) is 10.1 Å². The Labute approximate surface area is 129 Å². The predicted molar refractivity (Wildman–Crippen MR) is 75.2 cm³/mol. The van der Waals surface area contributed by atoms with E-state index in [0.717, 1.165) is 6.07 Å². The molecule has 0 unspecified atom stereocenters. The van der Waals surface area contributed by atoms with Crippen molar-refractivity contribution < 1.29 is 27.6 Å². The van der Waals surface area contributed by atoms with E-state index < -0.39 is 34.2 Å². The number of nitrogens with one attached hydrogen (secondary N) is 1. The summed E-state index contributed by atoms with van der Waals surface area (Å²) in [6, 6.07) is 1.74. The van der Waals surface area contributed by atoms with Crippen LogP contribution in [0.1, 0.15) is 30.1 Å². The molecule has 1 aliphatic carbocycles. The van der Waals surface area contributed by atoms with Crippen LogP contribution in [0.3, 0.4) is 0 Å². The molecule has 1 N–H and O–H groups in total. The Bertz CT molecular complexity index is 633. The van der Waals surface area contributed by atoms with E-state index in [1.54, 1.807) is 6.92 Å². The van der Waals surface area contributed by atoms with Crippen LogP contribution >= 0.6 is 0 Å². The lowest BCUT2D eigenvalue weighted by Crippen LogP contribution is -2.23. The lowest BCUT2D eigenvalue weighted by Gasteiger charge is -2.16. The van der Waals surface area contributed by atoms with Gasteiger partial charge in [-0.05, 0) is 31.9 Å². The molecule has 23 heavy (non-hydrogen) atoms. The van der Waals surface area contributed by atoms with Crippen LogP contribution < -0.4 is 5.32 Å². The summed E-state index contributed by atoms with van der Waals surface area (Å²) >= 11 is 0. The molecule has 9 heteroatoms. The first kappa shape index (κ1) is 17.0. The number of alkyl halides is 2. The monoisotopic (exact) mass is 332 g/mol. The van der Waals surface area contributed by atoms with Gasteiger partial charge in [0, 0.05) is 12.0 Å². The van der Waals surface area contributed by atoms with E-state index in [9.17, 15) is 28.1 Å². The normalized spacial score (nSPS) is 15.3. The summed E-state index contributed by atoms with van der Waals surface area (Å²) in [5, 5.41) is 13.5. The second-order valence-electron chi connectivity index (χ2n) is 5.35. The fraction of sp³-hybridized carbons (Fsp3) is 0.500. The van der Waals surface area contributed by atoms with Gasteiger partial charge in [-0.15, -0.1) is 0 Å². The fourth-order valence-corrected chi connectivity index (χ4v) is 2.16. The van der Waals surface area contributed by atoms with Crippen molar-refractivity contribution in [3.8, 4) is 0 Å². The maximum Gasteiger partial charge on any atom is 0.338 e. The third-order valence-electron chi connectivity index (χ3n) is 3.74. The van der Waals surface area contributed by atoms with Gasteiger partial charge in [0.2, 0.25) is 12.2 Å². The Morgan fingerprint density at radius 3 is 2.61 bits per heavy atom. The van der Waals surface area contributed by atoms with E-state index in [1.165, 1.54) is 0 Å². The Balaban J connectivity index is 2.31. The number of benzene rings is 1. The molecule has 0 atom stereocenters. The Morgan fingerprint density at radius 1 is 1.48 bits per heavy atom. The van der Waals surface area contributed by atoms with Crippen LogP contribution in [0, 0.1) is 21.3 Å². The quantitative estimate of drug-likeness (QED) is 0.470. The zero-order valence-electron chi connectivity index (χ0n) is 12.3. The smallest absolute Gasteiger partial charge is 0.338 e. The highest BCUT2D eigenvalue weighted by Crippen LogP contribution is 2.50. The van der Waals surface area contributed by atoms with Gasteiger partial charge in [-0.25, -0.2) is 13.6 Å². The number of ether oxygens (including phenoxy) is 1. The number of nitrogens with zero attached hydrogens (tertiary/aromatic N) is 1. The van der Waals surface area contributed by atoms with Crippen molar-refractivity contribution in [3.05, 3.63) is 33.6 Å². The first-order valence-corrected chi connectivity index (χ1v) is 6.98. The zero-order valence-corrected chi connectivity index (χ0v) is 12.3. The molecule has 126 valence electrons. The second-order valence-corrected chi connectivity index (χ2v) is 5.35. The van der Waals surface area contributed by atoms with Crippen LogP contribution in [0.25, 0.3) is 0 Å². The number of anilines is 1. The summed E-state index contributed by atoms with van der Waals surface area (Å²) < 4.78 is 44.4. The van der Waals surface area contributed by atoms with E-state index >= 15 is 0 Å². The molecule has 2 rings (SSSR count). The number of carbonyl (C=O) groups is 1. The van der Waals surface area contributed by atoms with E-state index in [4.69, 9.17) is 4.74 Å². The molecule has 1 aromatic carbocycles. The average molecular weight is 332 g/mol. The SMILES string of the molecule is CCOC(=O)c1cc(F)c([N+](=O)[O-])c(NCC2(C(F)F)CC2)c1. The maximum absolute atomic E-state index is 13.9. The molecular weight excluding hydrogens is 317 g/mol. The molecule has 0 amide bonds. The number of hydrogen-bond donors (Lipinski definition) is 1. The maximum atomic E-state index is 13.9. The molecule has 0 saturated heterocycles. The molecule has 0 heterocycles. The molecule has 1 aromatic rings. The van der Waals surface area contributed by atoms with E-state index in [1.807, 2.05) is 0 Å². The highest BCUT2D eigenvalue weighted by atomic mass is 19.3. The molecular formula is C14H15F3N2O4. The first-order chi connectivity index (χ1) is 10.8. The zero-order chi connectivity index (χ0) is 17.2. The fourth-order valence-electron chi connectivity index (χ4n) is 2.16. The predicted octanol–water partition coefficient (Wildman–Crippen LogP) is 3.37. The summed E-state index contributed by atoms with van der Waals surface area (Å²) in [6.07, 6.45) is -2.01. The first-order valence-electron chi connectivity index (χ1n) is 6.98. The molecule has 0 bridgehead atoms. The number of nitro benzene ring substituents is 1. The third kappa shape index (κ3) is 3.54. The van der Waals surface area contributed by atoms with Crippen LogP contribution in [0.15, 0.2) is 12.1 Å². The summed E-state index contributed by atoms with van der Waals surface area (Å²) in [7, 11) is 0. The van der Waals surface area contributed by atoms with Gasteiger partial charge in [0.05, 0.1) is 17.1 Å². The minimum Gasteiger partial charge on any atom is -0.462 e. The molecule has 0 spiro atoms. The van der Waals surface area contributed by atoms with Gasteiger partial charge in [-0.1, -0.05) is 0 Å². The van der Waals surface area contributed by atoms with Gasteiger partial charge in [0.25, 0.3) is 0 Å². The van der Waals surface area contributed by atoms with Crippen LogP contribution in [-0.4, -0.2) is 30.5 Å². The highest BCUT2D eigenvalue weighted by molar-refractivity contribution is 5.91. The number of hydrogen-bond acceptors (Lipinski definition) is 5. The second kappa shape index (κ2) is 6.43. The number of rotatable bonds is 7. The molecule has 1 saturated carbocycles. The number of carbonyl (C=O) groups excluding carboxylic acids is 1. The molecule has 0 radical (unpaired) electrons. The molecule has 1 aliphatic rings.